The van der Waals surface area contributed by atoms with Crippen molar-refractivity contribution in [3.05, 3.63) is 54.4 Å². The van der Waals surface area contributed by atoms with E-state index in [1.165, 1.54) is 10.8 Å². The molecule has 0 spiro atoms. The van der Waals surface area contributed by atoms with Gasteiger partial charge in [-0.2, -0.15) is 0 Å². The second kappa shape index (κ2) is 3.67. The molecule has 1 heteroatoms. The van der Waals surface area contributed by atoms with Crippen molar-refractivity contribution in [3.8, 4) is 0 Å². The van der Waals surface area contributed by atoms with Gasteiger partial charge in [0, 0.05) is 6.42 Å². The first-order chi connectivity index (χ1) is 7.06. The van der Waals surface area contributed by atoms with Crippen LogP contribution < -0.4 is 0 Å². The third-order valence-corrected chi connectivity index (χ3v) is 2.33. The van der Waals surface area contributed by atoms with Crippen LogP contribution in [0.5, 0.6) is 0 Å². The zero-order valence-electron chi connectivity index (χ0n) is 9.07. The van der Waals surface area contributed by atoms with E-state index in [9.17, 15) is 5.11 Å². The molecule has 0 saturated carbocycles. The van der Waals surface area contributed by atoms with Crippen molar-refractivity contribution >= 4 is 10.8 Å². The van der Waals surface area contributed by atoms with Crippen molar-refractivity contribution in [1.29, 1.82) is 0 Å². The Morgan fingerprint density at radius 3 is 2.40 bits per heavy atom. The van der Waals surface area contributed by atoms with Crippen molar-refractivity contribution in [1.82, 2.24) is 0 Å². The summed E-state index contributed by atoms with van der Waals surface area (Å²) in [6, 6.07) is 14.3. The fraction of sp³-hybridized carbons (Fsp3) is 0.214. The summed E-state index contributed by atoms with van der Waals surface area (Å²) in [7, 11) is 0. The minimum absolute atomic E-state index is 0.774. The average Bonchev–Trinajstić information content (AvgIpc) is 2.16. The van der Waals surface area contributed by atoms with Crippen LogP contribution in [0.3, 0.4) is 0 Å². The van der Waals surface area contributed by atoms with E-state index in [0.29, 0.717) is 0 Å². The van der Waals surface area contributed by atoms with Crippen LogP contribution in [0.25, 0.3) is 10.8 Å². The number of aliphatic hydroxyl groups is 1. The second-order valence-corrected chi connectivity index (χ2v) is 4.37. The molecule has 1 radical (unpaired) electrons. The summed E-state index contributed by atoms with van der Waals surface area (Å²) in [6.45, 7) is 3.57. The Bertz CT molecular complexity index is 461. The van der Waals surface area contributed by atoms with E-state index >= 15 is 0 Å². The van der Waals surface area contributed by atoms with Crippen molar-refractivity contribution in [2.45, 2.75) is 19.4 Å². The van der Waals surface area contributed by atoms with E-state index in [4.69, 9.17) is 0 Å². The van der Waals surface area contributed by atoms with Crippen molar-refractivity contribution < 1.29 is 5.11 Å². The van der Waals surface area contributed by atoms with Crippen molar-refractivity contribution in [2.75, 3.05) is 0 Å². The van der Waals surface area contributed by atoms with Crippen LogP contribution in [0.15, 0.2) is 42.5 Å². The summed E-state index contributed by atoms with van der Waals surface area (Å²) in [5.41, 5.74) is 0.310. The molecule has 0 bridgehead atoms. The summed E-state index contributed by atoms with van der Waals surface area (Å²) in [6.07, 6.45) is 1.88. The summed E-state index contributed by atoms with van der Waals surface area (Å²) >= 11 is 0. The topological polar surface area (TPSA) is 20.2 Å². The molecule has 0 fully saturated rings. The normalized spacial score (nSPS) is 11.9. The quantitative estimate of drug-likeness (QED) is 0.787. The molecule has 77 valence electrons. The molecule has 2 aromatic carbocycles. The van der Waals surface area contributed by atoms with E-state index in [1.807, 2.05) is 30.7 Å². The Morgan fingerprint density at radius 1 is 1.00 bits per heavy atom. The lowest BCUT2D eigenvalue weighted by Crippen LogP contribution is -2.19. The zero-order valence-corrected chi connectivity index (χ0v) is 9.07. The van der Waals surface area contributed by atoms with E-state index in [2.05, 4.69) is 18.2 Å². The minimum atomic E-state index is -0.774. The van der Waals surface area contributed by atoms with Crippen LogP contribution in [-0.4, -0.2) is 10.7 Å². The van der Waals surface area contributed by atoms with Crippen LogP contribution in [0.4, 0.5) is 0 Å². The first kappa shape index (κ1) is 10.2. The molecule has 15 heavy (non-hydrogen) atoms. The van der Waals surface area contributed by atoms with Gasteiger partial charge in [0.15, 0.2) is 0 Å². The molecule has 0 atom stereocenters. The lowest BCUT2D eigenvalue weighted by molar-refractivity contribution is 0.119. The van der Waals surface area contributed by atoms with Gasteiger partial charge in [0.25, 0.3) is 0 Å². The van der Waals surface area contributed by atoms with Gasteiger partial charge >= 0.3 is 0 Å². The van der Waals surface area contributed by atoms with Crippen LogP contribution in [0, 0.1) is 6.42 Å². The number of benzene rings is 2. The molecule has 1 nitrogen and oxygen atoms in total. The zero-order chi connectivity index (χ0) is 10.9. The summed E-state index contributed by atoms with van der Waals surface area (Å²) in [4.78, 5) is 0. The first-order valence-corrected chi connectivity index (χ1v) is 5.12. The molecule has 2 aromatic rings. The van der Waals surface area contributed by atoms with Gasteiger partial charge in [-0.05, 0) is 30.2 Å². The standard InChI is InChI=1S/C14H15O/c1-14(2,15)10-12-8-5-7-11-6-3-4-9-13(11)12/h3-10,15H,1-2H3. The highest BCUT2D eigenvalue weighted by molar-refractivity contribution is 5.86. The molecule has 2 rings (SSSR count). The van der Waals surface area contributed by atoms with Crippen LogP contribution in [0.2, 0.25) is 0 Å². The highest BCUT2D eigenvalue weighted by atomic mass is 16.3. The van der Waals surface area contributed by atoms with E-state index < -0.39 is 5.60 Å². The van der Waals surface area contributed by atoms with Gasteiger partial charge in [-0.15, -0.1) is 0 Å². The Kier molecular flexibility index (Phi) is 2.49. The monoisotopic (exact) mass is 199 g/mol. The Labute approximate surface area is 90.4 Å². The molecule has 1 N–H and O–H groups in total. The van der Waals surface area contributed by atoms with E-state index in [-0.39, 0.29) is 0 Å². The first-order valence-electron chi connectivity index (χ1n) is 5.12. The smallest absolute Gasteiger partial charge is 0.0667 e. The average molecular weight is 199 g/mol. The van der Waals surface area contributed by atoms with Crippen molar-refractivity contribution in [2.24, 2.45) is 0 Å². The summed E-state index contributed by atoms with van der Waals surface area (Å²) in [5.74, 6) is 0. The van der Waals surface area contributed by atoms with Crippen LogP contribution in [-0.2, 0) is 0 Å². The lowest BCUT2D eigenvalue weighted by Gasteiger charge is -2.17. The minimum Gasteiger partial charge on any atom is -0.390 e. The third-order valence-electron chi connectivity index (χ3n) is 2.33. The van der Waals surface area contributed by atoms with Gasteiger partial charge in [0.05, 0.1) is 5.60 Å². The maximum Gasteiger partial charge on any atom is 0.0667 e. The van der Waals surface area contributed by atoms with Crippen LogP contribution >= 0.6 is 0 Å². The molecule has 0 amide bonds. The van der Waals surface area contributed by atoms with Crippen molar-refractivity contribution in [3.63, 3.8) is 0 Å². The van der Waals surface area contributed by atoms with Gasteiger partial charge in [0.2, 0.25) is 0 Å². The fourth-order valence-corrected chi connectivity index (χ4v) is 1.76. The third kappa shape index (κ3) is 2.37. The number of fused-ring (bicyclic) bond motifs is 1. The van der Waals surface area contributed by atoms with Gasteiger partial charge in [0.1, 0.15) is 0 Å². The Morgan fingerprint density at radius 2 is 1.67 bits per heavy atom. The SMILES string of the molecule is CC(C)(O)[CH]c1cccc2ccccc12. The second-order valence-electron chi connectivity index (χ2n) is 4.37. The maximum atomic E-state index is 9.77. The highest BCUT2D eigenvalue weighted by Gasteiger charge is 2.15. The predicted molar refractivity (Wildman–Crippen MR) is 63.6 cm³/mol. The number of hydrogen-bond donors (Lipinski definition) is 1. The van der Waals surface area contributed by atoms with Crippen LogP contribution in [0.1, 0.15) is 19.4 Å². The maximum absolute atomic E-state index is 9.77. The number of hydrogen-bond acceptors (Lipinski definition) is 1. The van der Waals surface area contributed by atoms with Gasteiger partial charge in [-0.25, -0.2) is 0 Å². The molecule has 0 aliphatic heterocycles. The van der Waals surface area contributed by atoms with E-state index in [0.717, 1.165) is 5.56 Å². The largest absolute Gasteiger partial charge is 0.390 e. The number of rotatable bonds is 2. The van der Waals surface area contributed by atoms with E-state index in [1.54, 1.807) is 13.8 Å². The summed E-state index contributed by atoms with van der Waals surface area (Å²) in [5, 5.41) is 12.2. The van der Waals surface area contributed by atoms with Gasteiger partial charge in [-0.1, -0.05) is 42.5 Å². The lowest BCUT2D eigenvalue weighted by atomic mass is 9.94. The molecule has 0 aliphatic carbocycles. The molecular formula is C14H15O. The van der Waals surface area contributed by atoms with Gasteiger partial charge < -0.3 is 5.11 Å². The highest BCUT2D eigenvalue weighted by Crippen LogP contribution is 2.23. The Hall–Kier alpha value is -1.34. The molecule has 0 unspecified atom stereocenters. The molecule has 0 saturated heterocycles. The van der Waals surface area contributed by atoms with Gasteiger partial charge in [-0.3, -0.25) is 0 Å². The fourth-order valence-electron chi connectivity index (χ4n) is 1.76. The molecular weight excluding hydrogens is 184 g/mol. The molecule has 0 aliphatic rings. The predicted octanol–water partition coefficient (Wildman–Crippen LogP) is 3.16. The molecule has 0 aromatic heterocycles. The summed E-state index contributed by atoms with van der Waals surface area (Å²) < 4.78 is 0. The Balaban J connectivity index is 2.52. The molecule has 0 heterocycles.